The lowest BCUT2D eigenvalue weighted by atomic mass is 9.84. The lowest BCUT2D eigenvalue weighted by Crippen LogP contribution is -2.13. The van der Waals surface area contributed by atoms with Crippen molar-refractivity contribution in [3.8, 4) is 5.75 Å². The van der Waals surface area contributed by atoms with Crippen molar-refractivity contribution in [1.82, 2.24) is 0 Å². The van der Waals surface area contributed by atoms with E-state index in [1.807, 2.05) is 54.6 Å². The highest BCUT2D eigenvalue weighted by Crippen LogP contribution is 2.28. The predicted octanol–water partition coefficient (Wildman–Crippen LogP) is 4.83. The number of carbonyl (C=O) groups is 1. The van der Waals surface area contributed by atoms with E-state index in [9.17, 15) is 4.79 Å². The van der Waals surface area contributed by atoms with Crippen molar-refractivity contribution < 1.29 is 14.3 Å². The van der Waals surface area contributed by atoms with Crippen LogP contribution in [-0.2, 0) is 21.6 Å². The lowest BCUT2D eigenvalue weighted by molar-refractivity contribution is -0.134. The van der Waals surface area contributed by atoms with E-state index in [-0.39, 0.29) is 11.4 Å². The van der Waals surface area contributed by atoms with Gasteiger partial charge in [0.15, 0.2) is 0 Å². The third-order valence-electron chi connectivity index (χ3n) is 3.88. The highest BCUT2D eigenvalue weighted by molar-refractivity contribution is 5.82. The number of allylic oxidation sites excluding steroid dienone is 3. The van der Waals surface area contributed by atoms with Gasteiger partial charge in [-0.05, 0) is 23.3 Å². The average molecular weight is 336 g/mol. The second kappa shape index (κ2) is 8.88. The minimum absolute atomic E-state index is 0.188. The molecule has 0 amide bonds. The van der Waals surface area contributed by atoms with E-state index in [0.717, 1.165) is 16.9 Å². The molecule has 0 fully saturated rings. The van der Waals surface area contributed by atoms with Gasteiger partial charge in [0.1, 0.15) is 12.4 Å². The van der Waals surface area contributed by atoms with E-state index in [1.165, 1.54) is 13.2 Å². The van der Waals surface area contributed by atoms with Crippen LogP contribution in [0.2, 0.25) is 0 Å². The molecule has 2 rings (SSSR count). The molecule has 0 atom stereocenters. The highest BCUT2D eigenvalue weighted by Gasteiger charge is 2.17. The summed E-state index contributed by atoms with van der Waals surface area (Å²) >= 11 is 0. The van der Waals surface area contributed by atoms with Crippen molar-refractivity contribution >= 4 is 5.97 Å². The number of ether oxygens (including phenoxy) is 2. The van der Waals surface area contributed by atoms with Crippen LogP contribution < -0.4 is 4.74 Å². The van der Waals surface area contributed by atoms with Crippen molar-refractivity contribution in [2.75, 3.05) is 7.11 Å². The van der Waals surface area contributed by atoms with Gasteiger partial charge in [-0.2, -0.15) is 0 Å². The molecule has 0 aromatic heterocycles. The minimum Gasteiger partial charge on any atom is -0.489 e. The molecule has 3 heteroatoms. The van der Waals surface area contributed by atoms with Crippen LogP contribution in [0.1, 0.15) is 25.0 Å². The summed E-state index contributed by atoms with van der Waals surface area (Å²) in [6.45, 7) is 4.78. The van der Waals surface area contributed by atoms with Gasteiger partial charge in [-0.3, -0.25) is 0 Å². The molecule has 3 nitrogen and oxygen atoms in total. The van der Waals surface area contributed by atoms with Crippen molar-refractivity contribution in [1.29, 1.82) is 0 Å². The van der Waals surface area contributed by atoms with Crippen LogP contribution >= 0.6 is 0 Å². The van der Waals surface area contributed by atoms with Gasteiger partial charge in [0, 0.05) is 11.5 Å². The molecule has 25 heavy (non-hydrogen) atoms. The molecule has 0 spiro atoms. The first-order valence-electron chi connectivity index (χ1n) is 8.22. The molecule has 0 unspecified atom stereocenters. The van der Waals surface area contributed by atoms with E-state index in [1.54, 1.807) is 6.08 Å². The summed E-state index contributed by atoms with van der Waals surface area (Å²) in [6.07, 6.45) is 6.98. The molecule has 0 aliphatic heterocycles. The normalized spacial score (nSPS) is 11.8. The van der Waals surface area contributed by atoms with Crippen LogP contribution in [0.5, 0.6) is 5.75 Å². The number of carbonyl (C=O) groups excluding carboxylic acids is 1. The molecule has 0 heterocycles. The first kappa shape index (κ1) is 18.5. The Morgan fingerprint density at radius 2 is 1.80 bits per heavy atom. The van der Waals surface area contributed by atoms with Gasteiger partial charge in [-0.25, -0.2) is 4.79 Å². The summed E-state index contributed by atoms with van der Waals surface area (Å²) in [7, 11) is 1.36. The van der Waals surface area contributed by atoms with Gasteiger partial charge in [0.2, 0.25) is 0 Å². The zero-order chi connectivity index (χ0) is 18.1. The minimum atomic E-state index is -0.362. The van der Waals surface area contributed by atoms with Gasteiger partial charge in [-0.15, -0.1) is 0 Å². The fourth-order valence-electron chi connectivity index (χ4n) is 2.32. The first-order valence-corrected chi connectivity index (χ1v) is 8.22. The van der Waals surface area contributed by atoms with Gasteiger partial charge >= 0.3 is 5.97 Å². The maximum Gasteiger partial charge on any atom is 0.330 e. The number of esters is 1. The van der Waals surface area contributed by atoms with Crippen LogP contribution in [-0.4, -0.2) is 13.1 Å². The summed E-state index contributed by atoms with van der Waals surface area (Å²) in [5.74, 6) is 0.478. The molecule has 0 aliphatic rings. The van der Waals surface area contributed by atoms with E-state index in [4.69, 9.17) is 4.74 Å². The van der Waals surface area contributed by atoms with E-state index in [2.05, 4.69) is 30.7 Å². The number of rotatable bonds is 7. The van der Waals surface area contributed by atoms with E-state index in [0.29, 0.717) is 6.61 Å². The number of methoxy groups -OCH3 is 1. The van der Waals surface area contributed by atoms with Gasteiger partial charge < -0.3 is 9.47 Å². The topological polar surface area (TPSA) is 35.5 Å². The Bertz CT molecular complexity index is 743. The molecule has 2 aromatic carbocycles. The Kier molecular flexibility index (Phi) is 6.58. The zero-order valence-corrected chi connectivity index (χ0v) is 14.9. The Hall–Kier alpha value is -2.81. The lowest BCUT2D eigenvalue weighted by Gasteiger charge is -2.21. The third-order valence-corrected chi connectivity index (χ3v) is 3.88. The molecule has 0 N–H and O–H groups in total. The smallest absolute Gasteiger partial charge is 0.330 e. The summed E-state index contributed by atoms with van der Waals surface area (Å²) < 4.78 is 10.5. The van der Waals surface area contributed by atoms with Crippen LogP contribution in [0.3, 0.4) is 0 Å². The van der Waals surface area contributed by atoms with Crippen LogP contribution in [0.15, 0.2) is 78.9 Å². The fraction of sp³-hybridized carbons (Fsp3) is 0.227. The van der Waals surface area contributed by atoms with Crippen molar-refractivity contribution in [2.45, 2.75) is 25.9 Å². The van der Waals surface area contributed by atoms with E-state index >= 15 is 0 Å². The van der Waals surface area contributed by atoms with Gasteiger partial charge in [-0.1, -0.05) is 74.5 Å². The standard InChI is InChI=1S/C22H24O3/c1-22(2,15-8-7-14-21(23)24-3)19-12-9-13-20(16-19)25-17-18-10-5-4-6-11-18/h4-16H,17H2,1-3H3. The van der Waals surface area contributed by atoms with E-state index < -0.39 is 0 Å². The van der Waals surface area contributed by atoms with Crippen molar-refractivity contribution in [3.63, 3.8) is 0 Å². The molecule has 130 valence electrons. The first-order chi connectivity index (χ1) is 12.0. The second-order valence-electron chi connectivity index (χ2n) is 6.27. The largest absolute Gasteiger partial charge is 0.489 e. The Balaban J connectivity index is 2.04. The average Bonchev–Trinajstić information content (AvgIpc) is 2.64. The molecule has 2 aromatic rings. The summed E-state index contributed by atoms with van der Waals surface area (Å²) in [6, 6.07) is 18.2. The number of hydrogen-bond acceptors (Lipinski definition) is 3. The van der Waals surface area contributed by atoms with Crippen LogP contribution in [0, 0.1) is 0 Å². The highest BCUT2D eigenvalue weighted by atomic mass is 16.5. The van der Waals surface area contributed by atoms with Gasteiger partial charge in [0.25, 0.3) is 0 Å². The fourth-order valence-corrected chi connectivity index (χ4v) is 2.32. The molecule has 0 radical (unpaired) electrons. The monoisotopic (exact) mass is 336 g/mol. The molecular weight excluding hydrogens is 312 g/mol. The van der Waals surface area contributed by atoms with Gasteiger partial charge in [0.05, 0.1) is 7.11 Å². The number of hydrogen-bond donors (Lipinski definition) is 0. The van der Waals surface area contributed by atoms with Crippen molar-refractivity contribution in [3.05, 3.63) is 90.0 Å². The summed E-state index contributed by atoms with van der Waals surface area (Å²) in [5, 5.41) is 0. The Morgan fingerprint density at radius 1 is 1.04 bits per heavy atom. The molecule has 0 bridgehead atoms. The van der Waals surface area contributed by atoms with Crippen LogP contribution in [0.25, 0.3) is 0 Å². The summed E-state index contributed by atoms with van der Waals surface area (Å²) in [4.78, 5) is 11.1. The maximum absolute atomic E-state index is 11.1. The number of benzene rings is 2. The molecule has 0 saturated carbocycles. The summed E-state index contributed by atoms with van der Waals surface area (Å²) in [5.41, 5.74) is 2.09. The quantitative estimate of drug-likeness (QED) is 0.413. The zero-order valence-electron chi connectivity index (χ0n) is 14.9. The predicted molar refractivity (Wildman–Crippen MR) is 101 cm³/mol. The van der Waals surface area contributed by atoms with Crippen LogP contribution in [0.4, 0.5) is 0 Å². The molecule has 0 aliphatic carbocycles. The Morgan fingerprint density at radius 3 is 2.52 bits per heavy atom. The molecular formula is C22H24O3. The SMILES string of the molecule is COC(=O)C=CC=CC(C)(C)c1cccc(OCc2ccccc2)c1. The Labute approximate surface area is 149 Å². The second-order valence-corrected chi connectivity index (χ2v) is 6.27. The maximum atomic E-state index is 11.1. The van der Waals surface area contributed by atoms with Crippen molar-refractivity contribution in [2.24, 2.45) is 0 Å². The third kappa shape index (κ3) is 5.96. The molecule has 0 saturated heterocycles.